The highest BCUT2D eigenvalue weighted by Gasteiger charge is 2.36. The van der Waals surface area contributed by atoms with E-state index in [0.29, 0.717) is 11.8 Å². The van der Waals surface area contributed by atoms with E-state index in [1.807, 2.05) is 5.32 Å². The van der Waals surface area contributed by atoms with Crippen molar-refractivity contribution in [2.75, 3.05) is 18.5 Å². The van der Waals surface area contributed by atoms with Crippen LogP contribution in [0.15, 0.2) is 34.9 Å². The third kappa shape index (κ3) is 4.33. The lowest BCUT2D eigenvalue weighted by molar-refractivity contribution is -0.151. The van der Waals surface area contributed by atoms with E-state index >= 15 is 0 Å². The number of ether oxygens (including phenoxy) is 1. The van der Waals surface area contributed by atoms with Crippen LogP contribution >= 0.6 is 0 Å². The number of hydrogen-bond acceptors (Lipinski definition) is 5. The molecule has 1 aromatic carbocycles. The number of nitrogens with zero attached hydrogens (tertiary/aromatic N) is 1. The summed E-state index contributed by atoms with van der Waals surface area (Å²) in [4.78, 5) is 37.2. The van der Waals surface area contributed by atoms with Gasteiger partial charge in [0, 0.05) is 13.0 Å². The average molecular weight is 396 g/mol. The Hall–Kier alpha value is -3.30. The van der Waals surface area contributed by atoms with E-state index in [2.05, 4.69) is 0 Å². The van der Waals surface area contributed by atoms with Crippen LogP contribution in [0.3, 0.4) is 0 Å². The van der Waals surface area contributed by atoms with Crippen LogP contribution in [0.25, 0.3) is 0 Å². The van der Waals surface area contributed by atoms with Gasteiger partial charge in [-0.3, -0.25) is 14.4 Å². The van der Waals surface area contributed by atoms with Gasteiger partial charge >= 0.3 is 5.97 Å². The Bertz CT molecular complexity index is 901. The maximum absolute atomic E-state index is 13.5. The summed E-state index contributed by atoms with van der Waals surface area (Å²) in [5.41, 5.74) is -0.583. The second-order valence-corrected chi connectivity index (χ2v) is 6.13. The number of esters is 1. The van der Waals surface area contributed by atoms with E-state index in [9.17, 15) is 27.6 Å². The topological polar surface area (TPSA) is 88.9 Å². The zero-order valence-electron chi connectivity index (χ0n) is 14.4. The first-order chi connectivity index (χ1) is 13.3. The molecule has 0 unspecified atom stereocenters. The summed E-state index contributed by atoms with van der Waals surface area (Å²) in [5.74, 6) is -6.83. The van der Waals surface area contributed by atoms with E-state index in [1.54, 1.807) is 12.1 Å². The molecule has 3 rings (SSSR count). The Labute approximate surface area is 157 Å². The van der Waals surface area contributed by atoms with Crippen molar-refractivity contribution in [3.63, 3.8) is 0 Å². The highest BCUT2D eigenvalue weighted by atomic mass is 19.2. The van der Waals surface area contributed by atoms with Crippen LogP contribution in [0.4, 0.5) is 18.9 Å². The van der Waals surface area contributed by atoms with Gasteiger partial charge in [-0.2, -0.15) is 0 Å². The van der Waals surface area contributed by atoms with Gasteiger partial charge in [-0.1, -0.05) is 0 Å². The molecule has 1 saturated heterocycles. The number of furan rings is 1. The van der Waals surface area contributed by atoms with Gasteiger partial charge in [-0.15, -0.1) is 0 Å². The molecule has 2 aromatic rings. The summed E-state index contributed by atoms with van der Waals surface area (Å²) >= 11 is 0. The second-order valence-electron chi connectivity index (χ2n) is 6.13. The lowest BCUT2D eigenvalue weighted by Gasteiger charge is -2.14. The van der Waals surface area contributed by atoms with Crippen LogP contribution in [-0.2, 0) is 25.7 Å². The number of carbonyl (C=O) groups excluding carboxylic acids is 3. The van der Waals surface area contributed by atoms with Crippen molar-refractivity contribution in [1.82, 2.24) is 4.90 Å². The van der Waals surface area contributed by atoms with E-state index < -0.39 is 47.5 Å². The number of likely N-dealkylation sites (tertiary alicyclic amines) is 1. The molecule has 148 valence electrons. The Morgan fingerprint density at radius 2 is 2.00 bits per heavy atom. The normalized spacial score (nSPS) is 16.3. The minimum atomic E-state index is -1.73. The molecule has 28 heavy (non-hydrogen) atoms. The maximum Gasteiger partial charge on any atom is 0.311 e. The van der Waals surface area contributed by atoms with Crippen LogP contribution < -0.4 is 5.32 Å². The number of benzene rings is 1. The van der Waals surface area contributed by atoms with Gasteiger partial charge < -0.3 is 19.4 Å². The van der Waals surface area contributed by atoms with Crippen molar-refractivity contribution in [3.8, 4) is 0 Å². The molecule has 10 heteroatoms. The first-order valence-electron chi connectivity index (χ1n) is 8.25. The number of nitrogens with one attached hydrogen (secondary N) is 1. The molecule has 1 aliphatic rings. The Balaban J connectivity index is 1.49. The van der Waals surface area contributed by atoms with Gasteiger partial charge in [-0.25, -0.2) is 13.2 Å². The molecule has 0 radical (unpaired) electrons. The minimum absolute atomic E-state index is 0.0705. The lowest BCUT2D eigenvalue weighted by Crippen LogP contribution is -2.28. The van der Waals surface area contributed by atoms with Crippen molar-refractivity contribution in [2.24, 2.45) is 5.92 Å². The van der Waals surface area contributed by atoms with Gasteiger partial charge in [-0.05, 0) is 24.3 Å². The third-order valence-electron chi connectivity index (χ3n) is 4.13. The Morgan fingerprint density at radius 3 is 2.71 bits per heavy atom. The molecule has 1 aromatic heterocycles. The average Bonchev–Trinajstić information content (AvgIpc) is 3.31. The molecule has 1 N–H and O–H groups in total. The van der Waals surface area contributed by atoms with Crippen molar-refractivity contribution in [1.29, 1.82) is 0 Å². The molecule has 1 atom stereocenters. The molecule has 1 fully saturated rings. The quantitative estimate of drug-likeness (QED) is 0.598. The Kier molecular flexibility index (Phi) is 5.67. The number of anilines is 1. The summed E-state index contributed by atoms with van der Waals surface area (Å²) in [7, 11) is 0. The van der Waals surface area contributed by atoms with Crippen LogP contribution in [0.2, 0.25) is 0 Å². The number of halogens is 3. The fourth-order valence-electron chi connectivity index (χ4n) is 2.74. The first kappa shape index (κ1) is 19.5. The van der Waals surface area contributed by atoms with Gasteiger partial charge in [0.1, 0.15) is 5.76 Å². The number of hydrogen-bond donors (Lipinski definition) is 1. The monoisotopic (exact) mass is 396 g/mol. The molecule has 0 spiro atoms. The van der Waals surface area contributed by atoms with Crippen LogP contribution in [-0.4, -0.2) is 35.8 Å². The van der Waals surface area contributed by atoms with Crippen LogP contribution in [0.5, 0.6) is 0 Å². The number of amides is 2. The SMILES string of the molecule is O=C(COC(=O)[C@H]1CC(=O)N(Cc2ccco2)C1)Nc1ccc(F)c(F)c1F. The molecule has 7 nitrogen and oxygen atoms in total. The molecular weight excluding hydrogens is 381 g/mol. The predicted octanol–water partition coefficient (Wildman–Crippen LogP) is 2.23. The molecule has 2 amide bonds. The highest BCUT2D eigenvalue weighted by Crippen LogP contribution is 2.22. The standard InChI is InChI=1S/C18H15F3N2O5/c19-12-3-4-13(17(21)16(12)20)22-14(24)9-28-18(26)10-6-15(25)23(7-10)8-11-2-1-5-27-11/h1-5,10H,6-9H2,(H,22,24)/t10-/m0/s1. The number of carbonyl (C=O) groups is 3. The number of rotatable bonds is 6. The van der Waals surface area contributed by atoms with Gasteiger partial charge in [0.25, 0.3) is 5.91 Å². The van der Waals surface area contributed by atoms with E-state index in [-0.39, 0.29) is 25.4 Å². The van der Waals surface area contributed by atoms with Crippen LogP contribution in [0.1, 0.15) is 12.2 Å². The van der Waals surface area contributed by atoms with Crippen LogP contribution in [0, 0.1) is 23.4 Å². The largest absolute Gasteiger partial charge is 0.467 e. The van der Waals surface area contributed by atoms with Gasteiger partial charge in [0.15, 0.2) is 24.1 Å². The van der Waals surface area contributed by atoms with Crippen molar-refractivity contribution in [2.45, 2.75) is 13.0 Å². The summed E-state index contributed by atoms with van der Waals surface area (Å²) in [6.45, 7) is -0.441. The minimum Gasteiger partial charge on any atom is -0.467 e. The molecule has 0 saturated carbocycles. The fraction of sp³-hybridized carbons (Fsp3) is 0.278. The third-order valence-corrected chi connectivity index (χ3v) is 4.13. The van der Waals surface area contributed by atoms with Gasteiger partial charge in [0.05, 0.1) is 24.4 Å². The molecule has 2 heterocycles. The molecule has 0 aliphatic carbocycles. The molecular formula is C18H15F3N2O5. The summed E-state index contributed by atoms with van der Waals surface area (Å²) in [6.07, 6.45) is 1.40. The van der Waals surface area contributed by atoms with E-state index in [1.165, 1.54) is 11.2 Å². The van der Waals surface area contributed by atoms with E-state index in [4.69, 9.17) is 9.15 Å². The lowest BCUT2D eigenvalue weighted by atomic mass is 10.1. The smallest absolute Gasteiger partial charge is 0.311 e. The Morgan fingerprint density at radius 1 is 1.21 bits per heavy atom. The van der Waals surface area contributed by atoms with Crippen molar-refractivity contribution in [3.05, 3.63) is 53.7 Å². The zero-order valence-corrected chi connectivity index (χ0v) is 14.4. The first-order valence-corrected chi connectivity index (χ1v) is 8.25. The molecule has 1 aliphatic heterocycles. The fourth-order valence-corrected chi connectivity index (χ4v) is 2.74. The summed E-state index contributed by atoms with van der Waals surface area (Å²) < 4.78 is 49.5. The second kappa shape index (κ2) is 8.15. The van der Waals surface area contributed by atoms with E-state index in [0.717, 1.165) is 6.07 Å². The summed E-state index contributed by atoms with van der Waals surface area (Å²) in [5, 5.41) is 1.98. The summed E-state index contributed by atoms with van der Waals surface area (Å²) in [6, 6.07) is 4.87. The molecule has 0 bridgehead atoms. The zero-order chi connectivity index (χ0) is 20.3. The van der Waals surface area contributed by atoms with Gasteiger partial charge in [0.2, 0.25) is 5.91 Å². The van der Waals surface area contributed by atoms with Crippen molar-refractivity contribution < 1.29 is 36.7 Å². The highest BCUT2D eigenvalue weighted by molar-refractivity contribution is 5.93. The predicted molar refractivity (Wildman–Crippen MR) is 88.1 cm³/mol. The maximum atomic E-state index is 13.5. The van der Waals surface area contributed by atoms with Crippen molar-refractivity contribution >= 4 is 23.5 Å².